The highest BCUT2D eigenvalue weighted by molar-refractivity contribution is 7.99. The van der Waals surface area contributed by atoms with Crippen LogP contribution in [0.4, 0.5) is 4.39 Å². The van der Waals surface area contributed by atoms with Crippen LogP contribution in [0.25, 0.3) is 0 Å². The van der Waals surface area contributed by atoms with Gasteiger partial charge in [0.15, 0.2) is 5.84 Å². The number of rotatable bonds is 3. The first-order valence-electron chi connectivity index (χ1n) is 5.41. The van der Waals surface area contributed by atoms with Crippen LogP contribution < -0.4 is 5.73 Å². The number of nitrogens with two attached hydrogens (primary N) is 1. The van der Waals surface area contributed by atoms with E-state index in [1.807, 2.05) is 0 Å². The van der Waals surface area contributed by atoms with Crippen molar-refractivity contribution in [2.45, 2.75) is 9.79 Å². The molecule has 0 saturated heterocycles. The summed E-state index contributed by atoms with van der Waals surface area (Å²) < 4.78 is 13.3. The molecule has 20 heavy (non-hydrogen) atoms. The van der Waals surface area contributed by atoms with Crippen molar-refractivity contribution < 1.29 is 9.60 Å². The summed E-state index contributed by atoms with van der Waals surface area (Å²) in [5, 5.41) is 12.5. The van der Waals surface area contributed by atoms with Crippen LogP contribution in [-0.2, 0) is 0 Å². The summed E-state index contributed by atoms with van der Waals surface area (Å²) in [5.74, 6) is -0.628. The Kier molecular flexibility index (Phi) is 4.75. The average molecular weight is 331 g/mol. The fourth-order valence-electron chi connectivity index (χ4n) is 1.51. The first-order chi connectivity index (χ1) is 9.51. The molecule has 0 bridgehead atoms. The van der Waals surface area contributed by atoms with Gasteiger partial charge in [0, 0.05) is 15.4 Å². The number of oxime groups is 1. The van der Waals surface area contributed by atoms with E-state index in [4.69, 9.17) is 34.1 Å². The molecule has 3 nitrogen and oxygen atoms in total. The molecule has 0 radical (unpaired) electrons. The Morgan fingerprint density at radius 1 is 1.15 bits per heavy atom. The summed E-state index contributed by atoms with van der Waals surface area (Å²) >= 11 is 13.1. The Hall–Kier alpha value is -1.43. The van der Waals surface area contributed by atoms with E-state index < -0.39 is 5.82 Å². The molecule has 0 aliphatic rings. The number of hydrogen-bond acceptors (Lipinski definition) is 3. The van der Waals surface area contributed by atoms with Gasteiger partial charge in [0.1, 0.15) is 5.82 Å². The Labute approximate surface area is 129 Å². The molecule has 0 aliphatic heterocycles. The van der Waals surface area contributed by atoms with Crippen molar-refractivity contribution in [2.24, 2.45) is 10.9 Å². The third-order valence-electron chi connectivity index (χ3n) is 2.44. The number of nitrogens with zero attached hydrogens (tertiary/aromatic N) is 1. The van der Waals surface area contributed by atoms with Crippen LogP contribution in [0.3, 0.4) is 0 Å². The van der Waals surface area contributed by atoms with Gasteiger partial charge in [-0.15, -0.1) is 0 Å². The molecule has 0 amide bonds. The molecule has 0 fully saturated rings. The molecule has 0 atom stereocenters. The van der Waals surface area contributed by atoms with Gasteiger partial charge in [0.2, 0.25) is 0 Å². The second-order valence-corrected chi connectivity index (χ2v) is 5.73. The minimum atomic E-state index is -0.468. The summed E-state index contributed by atoms with van der Waals surface area (Å²) in [6, 6.07) is 9.18. The van der Waals surface area contributed by atoms with Gasteiger partial charge in [-0.05, 0) is 36.4 Å². The lowest BCUT2D eigenvalue weighted by atomic mass is 10.2. The summed E-state index contributed by atoms with van der Waals surface area (Å²) in [7, 11) is 0. The zero-order valence-corrected chi connectivity index (χ0v) is 12.3. The van der Waals surface area contributed by atoms with Crippen molar-refractivity contribution in [1.82, 2.24) is 0 Å². The van der Waals surface area contributed by atoms with E-state index >= 15 is 0 Å². The third kappa shape index (κ3) is 3.36. The van der Waals surface area contributed by atoms with Crippen LogP contribution >= 0.6 is 35.0 Å². The summed E-state index contributed by atoms with van der Waals surface area (Å²) in [5.41, 5.74) is 5.85. The van der Waals surface area contributed by atoms with Crippen LogP contribution in [0, 0.1) is 5.82 Å². The summed E-state index contributed by atoms with van der Waals surface area (Å²) in [4.78, 5) is 1.44. The number of benzene rings is 2. The van der Waals surface area contributed by atoms with E-state index in [9.17, 15) is 4.39 Å². The van der Waals surface area contributed by atoms with E-state index in [2.05, 4.69) is 5.16 Å². The van der Waals surface area contributed by atoms with Crippen molar-refractivity contribution in [3.8, 4) is 0 Å². The molecule has 0 aliphatic carbocycles. The van der Waals surface area contributed by atoms with Gasteiger partial charge in [-0.25, -0.2) is 4.39 Å². The smallest absolute Gasteiger partial charge is 0.171 e. The molecule has 104 valence electrons. The Morgan fingerprint density at radius 3 is 2.55 bits per heavy atom. The molecule has 0 heterocycles. The number of hydrogen-bond donors (Lipinski definition) is 2. The minimum Gasteiger partial charge on any atom is -0.409 e. The first kappa shape index (κ1) is 15.0. The number of amidine groups is 1. The fourth-order valence-corrected chi connectivity index (χ4v) is 2.85. The lowest BCUT2D eigenvalue weighted by Crippen LogP contribution is -2.14. The SMILES string of the molecule is NC(=NO)c1cc(F)ccc1Sc1ccc(Cl)c(Cl)c1. The van der Waals surface area contributed by atoms with Gasteiger partial charge < -0.3 is 10.9 Å². The molecule has 2 rings (SSSR count). The van der Waals surface area contributed by atoms with Gasteiger partial charge >= 0.3 is 0 Å². The molecule has 0 saturated carbocycles. The molecular weight excluding hydrogens is 322 g/mol. The van der Waals surface area contributed by atoms with Gasteiger partial charge in [0.05, 0.1) is 10.0 Å². The van der Waals surface area contributed by atoms with Gasteiger partial charge in [0.25, 0.3) is 0 Å². The van der Waals surface area contributed by atoms with Crippen molar-refractivity contribution in [3.05, 3.63) is 57.8 Å². The second kappa shape index (κ2) is 6.35. The highest BCUT2D eigenvalue weighted by Gasteiger charge is 2.11. The molecule has 0 spiro atoms. The Morgan fingerprint density at radius 2 is 1.90 bits per heavy atom. The second-order valence-electron chi connectivity index (χ2n) is 3.80. The molecule has 2 aromatic rings. The quantitative estimate of drug-likeness (QED) is 0.380. The van der Waals surface area contributed by atoms with Crippen molar-refractivity contribution in [2.75, 3.05) is 0 Å². The maximum atomic E-state index is 13.3. The van der Waals surface area contributed by atoms with Crippen LogP contribution in [0.1, 0.15) is 5.56 Å². The van der Waals surface area contributed by atoms with Crippen molar-refractivity contribution in [1.29, 1.82) is 0 Å². The maximum absolute atomic E-state index is 13.3. The zero-order chi connectivity index (χ0) is 14.7. The Balaban J connectivity index is 2.40. The van der Waals surface area contributed by atoms with Gasteiger partial charge in [-0.1, -0.05) is 40.1 Å². The molecule has 2 aromatic carbocycles. The van der Waals surface area contributed by atoms with E-state index in [-0.39, 0.29) is 5.84 Å². The van der Waals surface area contributed by atoms with Crippen LogP contribution in [-0.4, -0.2) is 11.0 Å². The van der Waals surface area contributed by atoms with E-state index in [0.29, 0.717) is 20.5 Å². The normalized spacial score (nSPS) is 11.7. The van der Waals surface area contributed by atoms with Crippen LogP contribution in [0.2, 0.25) is 10.0 Å². The standard InChI is InChI=1S/C13H9Cl2FN2OS/c14-10-3-2-8(6-11(10)15)20-12-4-1-7(16)5-9(12)13(17)18-19/h1-6,19H,(H2,17,18). The summed E-state index contributed by atoms with van der Waals surface area (Å²) in [6.45, 7) is 0. The predicted molar refractivity (Wildman–Crippen MR) is 79.5 cm³/mol. The third-order valence-corrected chi connectivity index (χ3v) is 4.25. The fraction of sp³-hybridized carbons (Fsp3) is 0. The Bertz CT molecular complexity index is 679. The maximum Gasteiger partial charge on any atom is 0.171 e. The van der Waals surface area contributed by atoms with Crippen molar-refractivity contribution in [3.63, 3.8) is 0 Å². The molecule has 0 unspecified atom stereocenters. The van der Waals surface area contributed by atoms with E-state index in [1.54, 1.807) is 24.3 Å². The van der Waals surface area contributed by atoms with Gasteiger partial charge in [-0.3, -0.25) is 0 Å². The zero-order valence-electron chi connectivity index (χ0n) is 9.98. The van der Waals surface area contributed by atoms with Crippen LogP contribution in [0.5, 0.6) is 0 Å². The van der Waals surface area contributed by atoms with Crippen LogP contribution in [0.15, 0.2) is 51.3 Å². The largest absolute Gasteiger partial charge is 0.409 e. The summed E-state index contributed by atoms with van der Waals surface area (Å²) in [6.07, 6.45) is 0. The predicted octanol–water partition coefficient (Wildman–Crippen LogP) is 4.38. The molecule has 3 N–H and O–H groups in total. The van der Waals surface area contributed by atoms with Crippen molar-refractivity contribution >= 4 is 40.8 Å². The minimum absolute atomic E-state index is 0.160. The highest BCUT2D eigenvalue weighted by atomic mass is 35.5. The molecular formula is C13H9Cl2FN2OS. The molecule has 7 heteroatoms. The first-order valence-corrected chi connectivity index (χ1v) is 6.99. The molecule has 0 aromatic heterocycles. The van der Waals surface area contributed by atoms with E-state index in [1.165, 1.54) is 23.9 Å². The van der Waals surface area contributed by atoms with E-state index in [0.717, 1.165) is 4.90 Å². The topological polar surface area (TPSA) is 58.6 Å². The lowest BCUT2D eigenvalue weighted by Gasteiger charge is -2.08. The lowest BCUT2D eigenvalue weighted by molar-refractivity contribution is 0.318. The highest BCUT2D eigenvalue weighted by Crippen LogP contribution is 2.34. The van der Waals surface area contributed by atoms with Gasteiger partial charge in [-0.2, -0.15) is 0 Å². The monoisotopic (exact) mass is 330 g/mol. The number of halogens is 3. The average Bonchev–Trinajstić information content (AvgIpc) is 2.44.